The van der Waals surface area contributed by atoms with Gasteiger partial charge in [0.25, 0.3) is 0 Å². The average molecular weight is 284 g/mol. The number of rotatable bonds is 0. The Kier molecular flexibility index (Phi) is 2.85. The van der Waals surface area contributed by atoms with Crippen molar-refractivity contribution in [2.45, 2.75) is 65.7 Å². The van der Waals surface area contributed by atoms with Gasteiger partial charge in [-0.3, -0.25) is 4.79 Å². The number of carbonyl (C=O) groups is 1. The summed E-state index contributed by atoms with van der Waals surface area (Å²) in [6.07, 6.45) is 12.9. The van der Waals surface area contributed by atoms with Crippen LogP contribution in [0.3, 0.4) is 0 Å². The molecule has 1 nitrogen and oxygen atoms in total. The molecule has 1 heteroatoms. The van der Waals surface area contributed by atoms with Crippen LogP contribution in [-0.4, -0.2) is 5.78 Å². The van der Waals surface area contributed by atoms with Crippen molar-refractivity contribution >= 4 is 5.78 Å². The molecule has 0 aromatic heterocycles. The Hall–Kier alpha value is -0.850. The predicted molar refractivity (Wildman–Crippen MR) is 85.9 cm³/mol. The molecule has 21 heavy (non-hydrogen) atoms. The van der Waals surface area contributed by atoms with Crippen molar-refractivity contribution in [2.24, 2.45) is 28.6 Å². The third kappa shape index (κ3) is 1.85. The number of carbonyl (C=O) groups excluding carboxylic acids is 1. The van der Waals surface area contributed by atoms with Gasteiger partial charge in [0.2, 0.25) is 0 Å². The normalized spacial score (nSPS) is 48.9. The first-order valence-corrected chi connectivity index (χ1v) is 8.87. The van der Waals surface area contributed by atoms with E-state index in [9.17, 15) is 4.79 Å². The highest BCUT2D eigenvalue weighted by atomic mass is 16.1. The number of hydrogen-bond donors (Lipinski definition) is 0. The maximum absolute atomic E-state index is 11.8. The van der Waals surface area contributed by atoms with Crippen LogP contribution in [0.1, 0.15) is 65.7 Å². The van der Waals surface area contributed by atoms with Crippen LogP contribution in [-0.2, 0) is 4.79 Å². The summed E-state index contributed by atoms with van der Waals surface area (Å²) >= 11 is 0. The SMILES string of the molecule is C[C@@H]1C[C@H]2[C@@H]3CCC4=CC(=O)CC[C@]4(C)C3=CC[C@]2(C)C1. The summed E-state index contributed by atoms with van der Waals surface area (Å²) in [5.41, 5.74) is 3.92. The Morgan fingerprint density at radius 2 is 2.05 bits per heavy atom. The molecule has 4 rings (SSSR count). The second-order valence-electron chi connectivity index (χ2n) is 8.78. The Labute approximate surface area is 128 Å². The molecule has 0 bridgehead atoms. The Balaban J connectivity index is 1.75. The molecule has 4 aliphatic rings. The highest BCUT2D eigenvalue weighted by molar-refractivity contribution is 5.92. The number of fused-ring (bicyclic) bond motifs is 5. The van der Waals surface area contributed by atoms with Gasteiger partial charge in [-0.2, -0.15) is 0 Å². The first-order chi connectivity index (χ1) is 9.92. The largest absolute Gasteiger partial charge is 0.295 e. The Morgan fingerprint density at radius 3 is 2.86 bits per heavy atom. The van der Waals surface area contributed by atoms with E-state index in [0.29, 0.717) is 11.2 Å². The van der Waals surface area contributed by atoms with Crippen LogP contribution in [0.4, 0.5) is 0 Å². The van der Waals surface area contributed by atoms with Gasteiger partial charge in [0.15, 0.2) is 5.78 Å². The van der Waals surface area contributed by atoms with Crippen LogP contribution in [0.25, 0.3) is 0 Å². The van der Waals surface area contributed by atoms with Crippen molar-refractivity contribution in [2.75, 3.05) is 0 Å². The average Bonchev–Trinajstić information content (AvgIpc) is 2.74. The van der Waals surface area contributed by atoms with Gasteiger partial charge in [-0.1, -0.05) is 38.0 Å². The smallest absolute Gasteiger partial charge is 0.155 e. The summed E-state index contributed by atoms with van der Waals surface area (Å²) in [6, 6.07) is 0. The fourth-order valence-corrected chi connectivity index (χ4v) is 6.28. The van der Waals surface area contributed by atoms with E-state index >= 15 is 0 Å². The summed E-state index contributed by atoms with van der Waals surface area (Å²) < 4.78 is 0. The van der Waals surface area contributed by atoms with Crippen molar-refractivity contribution in [1.29, 1.82) is 0 Å². The standard InChI is InChI=1S/C20H28O/c1-13-10-18-16-5-4-14-11-15(21)6-9-20(14,3)17(16)7-8-19(18,2)12-13/h7,11,13,16,18H,4-6,8-10,12H2,1-3H3/t13-,16-,18+,19-,20+/m1/s1. The lowest BCUT2D eigenvalue weighted by Gasteiger charge is -2.52. The highest BCUT2D eigenvalue weighted by Gasteiger charge is 2.53. The van der Waals surface area contributed by atoms with Gasteiger partial charge in [-0.25, -0.2) is 0 Å². The van der Waals surface area contributed by atoms with Crippen molar-refractivity contribution in [3.05, 3.63) is 23.3 Å². The highest BCUT2D eigenvalue weighted by Crippen LogP contribution is 2.63. The van der Waals surface area contributed by atoms with E-state index in [-0.39, 0.29) is 5.41 Å². The molecule has 114 valence electrons. The molecular weight excluding hydrogens is 256 g/mol. The number of hydrogen-bond acceptors (Lipinski definition) is 1. The van der Waals surface area contributed by atoms with Gasteiger partial charge >= 0.3 is 0 Å². The molecule has 2 fully saturated rings. The third-order valence-corrected chi connectivity index (χ3v) is 7.32. The van der Waals surface area contributed by atoms with Crippen LogP contribution in [0.5, 0.6) is 0 Å². The molecule has 0 aromatic carbocycles. The molecule has 0 unspecified atom stereocenters. The van der Waals surface area contributed by atoms with Crippen molar-refractivity contribution < 1.29 is 4.79 Å². The molecule has 4 aliphatic carbocycles. The van der Waals surface area contributed by atoms with Crippen molar-refractivity contribution in [3.63, 3.8) is 0 Å². The van der Waals surface area contributed by atoms with Crippen LogP contribution in [0.15, 0.2) is 23.3 Å². The summed E-state index contributed by atoms with van der Waals surface area (Å²) in [5.74, 6) is 2.94. The molecule has 0 aliphatic heterocycles. The van der Waals surface area contributed by atoms with Gasteiger partial charge in [-0.15, -0.1) is 0 Å². The van der Waals surface area contributed by atoms with E-state index < -0.39 is 0 Å². The summed E-state index contributed by atoms with van der Waals surface area (Å²) in [6.45, 7) is 7.40. The van der Waals surface area contributed by atoms with E-state index in [4.69, 9.17) is 0 Å². The zero-order valence-electron chi connectivity index (χ0n) is 13.7. The fraction of sp³-hybridized carbons (Fsp3) is 0.750. The predicted octanol–water partition coefficient (Wildman–Crippen LogP) is 5.07. The molecule has 0 saturated heterocycles. The van der Waals surface area contributed by atoms with Crippen LogP contribution in [0, 0.1) is 28.6 Å². The zero-order chi connectivity index (χ0) is 14.8. The second-order valence-corrected chi connectivity index (χ2v) is 8.78. The van der Waals surface area contributed by atoms with Gasteiger partial charge in [-0.05, 0) is 67.8 Å². The first kappa shape index (κ1) is 13.8. The molecule has 0 radical (unpaired) electrons. The van der Waals surface area contributed by atoms with Gasteiger partial charge in [0.05, 0.1) is 0 Å². The fourth-order valence-electron chi connectivity index (χ4n) is 6.28. The van der Waals surface area contributed by atoms with Crippen LogP contribution >= 0.6 is 0 Å². The van der Waals surface area contributed by atoms with Gasteiger partial charge in [0.1, 0.15) is 0 Å². The third-order valence-electron chi connectivity index (χ3n) is 7.32. The Bertz CT molecular complexity index is 554. The lowest BCUT2D eigenvalue weighted by Crippen LogP contribution is -2.42. The quantitative estimate of drug-likeness (QED) is 0.567. The van der Waals surface area contributed by atoms with E-state index in [1.54, 1.807) is 5.57 Å². The summed E-state index contributed by atoms with van der Waals surface area (Å²) in [7, 11) is 0. The zero-order valence-corrected chi connectivity index (χ0v) is 13.7. The molecule has 2 saturated carbocycles. The minimum Gasteiger partial charge on any atom is -0.295 e. The minimum atomic E-state index is 0.212. The lowest BCUT2D eigenvalue weighted by atomic mass is 9.52. The first-order valence-electron chi connectivity index (χ1n) is 8.87. The molecule has 0 spiro atoms. The molecule has 0 heterocycles. The lowest BCUT2D eigenvalue weighted by molar-refractivity contribution is -0.115. The summed E-state index contributed by atoms with van der Waals surface area (Å²) in [5, 5.41) is 0. The van der Waals surface area contributed by atoms with Gasteiger partial charge < -0.3 is 0 Å². The minimum absolute atomic E-state index is 0.212. The number of ketones is 1. The maximum atomic E-state index is 11.8. The molecule has 0 N–H and O–H groups in total. The van der Waals surface area contributed by atoms with Crippen molar-refractivity contribution in [3.8, 4) is 0 Å². The monoisotopic (exact) mass is 284 g/mol. The molecule has 0 amide bonds. The topological polar surface area (TPSA) is 17.1 Å². The molecule has 5 atom stereocenters. The number of allylic oxidation sites excluding steroid dienone is 4. The van der Waals surface area contributed by atoms with E-state index in [2.05, 4.69) is 26.8 Å². The molecular formula is C20H28O. The molecule has 0 aromatic rings. The van der Waals surface area contributed by atoms with Crippen molar-refractivity contribution in [1.82, 2.24) is 0 Å². The summed E-state index contributed by atoms with van der Waals surface area (Å²) in [4.78, 5) is 11.8. The maximum Gasteiger partial charge on any atom is 0.155 e. The second kappa shape index (κ2) is 4.33. The van der Waals surface area contributed by atoms with E-state index in [1.807, 2.05) is 6.08 Å². The van der Waals surface area contributed by atoms with E-state index in [0.717, 1.165) is 37.0 Å². The van der Waals surface area contributed by atoms with Crippen LogP contribution in [0.2, 0.25) is 0 Å². The van der Waals surface area contributed by atoms with Gasteiger partial charge in [0, 0.05) is 11.8 Å². The van der Waals surface area contributed by atoms with Crippen LogP contribution < -0.4 is 0 Å². The Morgan fingerprint density at radius 1 is 1.24 bits per heavy atom. The van der Waals surface area contributed by atoms with E-state index in [1.165, 1.54) is 31.3 Å².